The molecular formula is C30H26F6N4O6S. The summed E-state index contributed by atoms with van der Waals surface area (Å²) in [6, 6.07) is 11.5. The molecule has 2 aromatic carbocycles. The second-order valence-corrected chi connectivity index (χ2v) is 12.7. The van der Waals surface area contributed by atoms with Crippen LogP contribution in [0.15, 0.2) is 54.6 Å². The van der Waals surface area contributed by atoms with E-state index in [-0.39, 0.29) is 40.5 Å². The van der Waals surface area contributed by atoms with Crippen molar-refractivity contribution >= 4 is 33.5 Å². The van der Waals surface area contributed by atoms with Crippen molar-refractivity contribution in [3.8, 4) is 23.1 Å². The maximum Gasteiger partial charge on any atom is 0.534 e. The molecule has 1 aliphatic rings. The number of esters is 1. The number of alkyl halides is 6. The van der Waals surface area contributed by atoms with Gasteiger partial charge in [-0.15, -0.1) is 0 Å². The monoisotopic (exact) mass is 684 g/mol. The third-order valence-electron chi connectivity index (χ3n) is 7.96. The lowest BCUT2D eigenvalue weighted by Gasteiger charge is -2.51. The molecule has 1 aliphatic carbocycles. The summed E-state index contributed by atoms with van der Waals surface area (Å²) in [6.07, 6.45) is -4.22. The fourth-order valence-corrected chi connectivity index (χ4v) is 5.64. The summed E-state index contributed by atoms with van der Waals surface area (Å²) >= 11 is 0. The third kappa shape index (κ3) is 7.59. The lowest BCUT2D eigenvalue weighted by atomic mass is 9.52. The summed E-state index contributed by atoms with van der Waals surface area (Å²) in [5, 5.41) is 14.6. The number of nitriles is 1. The van der Waals surface area contributed by atoms with Crippen molar-refractivity contribution in [2.75, 3.05) is 17.7 Å². The number of hydrogen-bond acceptors (Lipinski definition) is 8. The predicted octanol–water partition coefficient (Wildman–Crippen LogP) is 7.20. The quantitative estimate of drug-likeness (QED) is 0.110. The molecule has 17 heteroatoms. The Hall–Kier alpha value is -4.85. The zero-order valence-corrected chi connectivity index (χ0v) is 25.6. The zero-order chi connectivity index (χ0) is 34.9. The number of ether oxygens (including phenoxy) is 1. The highest BCUT2D eigenvalue weighted by Crippen LogP contribution is 2.58. The number of benzene rings is 2. The Morgan fingerprint density at radius 2 is 1.66 bits per heavy atom. The molecule has 250 valence electrons. The Kier molecular flexibility index (Phi) is 9.49. The number of carbonyl (C=O) groups excluding carboxylic acids is 2. The lowest BCUT2D eigenvalue weighted by Crippen LogP contribution is -2.44. The van der Waals surface area contributed by atoms with E-state index in [0.29, 0.717) is 6.42 Å². The number of hydrogen-bond donors (Lipinski definition) is 2. The largest absolute Gasteiger partial charge is 0.534 e. The SMILES string of the molecule is COC(=O)C[C@@H]1C[C@H](c2cc(-c3ccc(NC(=O)Nc4cccc(C(F)(F)F)c4)cc3)c(C#N)c(OS(=O)(=O)C(F)(F)F)n2)C1(C)C. The van der Waals surface area contributed by atoms with Gasteiger partial charge in [0.2, 0.25) is 0 Å². The zero-order valence-electron chi connectivity index (χ0n) is 24.8. The molecule has 2 atom stereocenters. The van der Waals surface area contributed by atoms with Gasteiger partial charge < -0.3 is 19.6 Å². The molecule has 4 rings (SSSR count). The molecule has 2 amide bonds. The van der Waals surface area contributed by atoms with Gasteiger partial charge in [0.05, 0.1) is 12.7 Å². The van der Waals surface area contributed by atoms with E-state index >= 15 is 0 Å². The second kappa shape index (κ2) is 12.7. The van der Waals surface area contributed by atoms with Gasteiger partial charge >= 0.3 is 33.8 Å². The van der Waals surface area contributed by atoms with Crippen LogP contribution in [0.4, 0.5) is 42.5 Å². The molecule has 0 radical (unpaired) electrons. The highest BCUT2D eigenvalue weighted by molar-refractivity contribution is 7.88. The maximum atomic E-state index is 13.2. The molecule has 1 aromatic heterocycles. The van der Waals surface area contributed by atoms with Gasteiger partial charge in [-0.05, 0) is 59.7 Å². The predicted molar refractivity (Wildman–Crippen MR) is 155 cm³/mol. The lowest BCUT2D eigenvalue weighted by molar-refractivity contribution is -0.145. The number of urea groups is 1. The van der Waals surface area contributed by atoms with Gasteiger partial charge in [-0.25, -0.2) is 9.78 Å². The average Bonchev–Trinajstić information content (AvgIpc) is 2.97. The van der Waals surface area contributed by atoms with Crippen LogP contribution in [-0.4, -0.2) is 38.0 Å². The van der Waals surface area contributed by atoms with Gasteiger partial charge in [0, 0.05) is 35.0 Å². The van der Waals surface area contributed by atoms with E-state index in [0.717, 1.165) is 18.2 Å². The van der Waals surface area contributed by atoms with Crippen LogP contribution in [0.25, 0.3) is 11.1 Å². The van der Waals surface area contributed by atoms with Crippen LogP contribution in [-0.2, 0) is 25.8 Å². The molecule has 10 nitrogen and oxygen atoms in total. The van der Waals surface area contributed by atoms with Gasteiger partial charge in [-0.3, -0.25) is 4.79 Å². The summed E-state index contributed by atoms with van der Waals surface area (Å²) in [6.45, 7) is 3.60. The summed E-state index contributed by atoms with van der Waals surface area (Å²) < 4.78 is 112. The van der Waals surface area contributed by atoms with E-state index in [1.807, 2.05) is 0 Å². The Morgan fingerprint density at radius 1 is 1.02 bits per heavy atom. The Balaban J connectivity index is 1.67. The van der Waals surface area contributed by atoms with Crippen LogP contribution in [0, 0.1) is 22.7 Å². The minimum atomic E-state index is -6.22. The van der Waals surface area contributed by atoms with E-state index in [1.54, 1.807) is 19.9 Å². The number of halogens is 6. The molecule has 1 fully saturated rings. The Labute approximate surface area is 264 Å². The van der Waals surface area contributed by atoms with E-state index < -0.39 is 62.1 Å². The van der Waals surface area contributed by atoms with Crippen molar-refractivity contribution in [1.82, 2.24) is 4.98 Å². The summed E-state index contributed by atoms with van der Waals surface area (Å²) in [4.78, 5) is 28.3. The number of nitrogens with zero attached hydrogens (tertiary/aromatic N) is 2. The molecule has 47 heavy (non-hydrogen) atoms. The van der Waals surface area contributed by atoms with Crippen LogP contribution in [0.1, 0.15) is 49.4 Å². The summed E-state index contributed by atoms with van der Waals surface area (Å²) in [5.41, 5.74) is -7.76. The smallest absolute Gasteiger partial charge is 0.469 e. The number of aromatic nitrogens is 1. The topological polar surface area (TPSA) is 147 Å². The number of nitrogens with one attached hydrogen (secondary N) is 2. The number of amides is 2. The van der Waals surface area contributed by atoms with E-state index in [1.165, 1.54) is 43.5 Å². The van der Waals surface area contributed by atoms with Crippen molar-refractivity contribution < 1.29 is 53.3 Å². The average molecular weight is 685 g/mol. The first-order valence-electron chi connectivity index (χ1n) is 13.6. The standard InChI is InChI=1S/C30H26F6N4O6S/c1-28(2)18(13-25(41)45-3)12-23(28)24-14-21(22(15-37)26(40-24)46-47(43,44)30(34,35)36)16-7-9-19(10-8-16)38-27(42)39-20-6-4-5-17(11-20)29(31,32)33/h4-11,14,18,23H,12-13H2,1-3H3,(H2,38,39,42)/t18-,23+/m0/s1. The van der Waals surface area contributed by atoms with Crippen LogP contribution >= 0.6 is 0 Å². The highest BCUT2D eigenvalue weighted by Gasteiger charge is 2.52. The maximum absolute atomic E-state index is 13.2. The van der Waals surface area contributed by atoms with Gasteiger partial charge in [0.1, 0.15) is 11.6 Å². The minimum absolute atomic E-state index is 0.0305. The van der Waals surface area contributed by atoms with Gasteiger partial charge in [0.15, 0.2) is 0 Å². The van der Waals surface area contributed by atoms with Crippen molar-refractivity contribution in [2.45, 2.75) is 44.3 Å². The number of anilines is 2. The first kappa shape index (κ1) is 35.0. The molecule has 1 saturated carbocycles. The van der Waals surface area contributed by atoms with Crippen molar-refractivity contribution in [3.05, 3.63) is 71.4 Å². The summed E-state index contributed by atoms with van der Waals surface area (Å²) in [7, 11) is -4.99. The van der Waals surface area contributed by atoms with Crippen molar-refractivity contribution in [1.29, 1.82) is 5.26 Å². The van der Waals surface area contributed by atoms with E-state index in [9.17, 15) is 49.6 Å². The normalized spacial score (nSPS) is 17.5. The molecule has 1 heterocycles. The number of pyridine rings is 1. The molecular weight excluding hydrogens is 658 g/mol. The fraction of sp³-hybridized carbons (Fsp3) is 0.333. The first-order chi connectivity index (χ1) is 21.8. The van der Waals surface area contributed by atoms with Crippen LogP contribution in [0.3, 0.4) is 0 Å². The van der Waals surface area contributed by atoms with E-state index in [2.05, 4.69) is 19.8 Å². The summed E-state index contributed by atoms with van der Waals surface area (Å²) in [5.74, 6) is -2.24. The highest BCUT2D eigenvalue weighted by atomic mass is 32.2. The molecule has 0 saturated heterocycles. The number of methoxy groups -OCH3 is 1. The van der Waals surface area contributed by atoms with Crippen LogP contribution < -0.4 is 14.8 Å². The van der Waals surface area contributed by atoms with Gasteiger partial charge in [-0.1, -0.05) is 32.0 Å². The molecule has 3 aromatic rings. The molecule has 0 unspecified atom stereocenters. The van der Waals surface area contributed by atoms with Crippen LogP contribution in [0.5, 0.6) is 5.88 Å². The van der Waals surface area contributed by atoms with Crippen LogP contribution in [0.2, 0.25) is 0 Å². The molecule has 2 N–H and O–H groups in total. The molecule has 0 aliphatic heterocycles. The fourth-order valence-electron chi connectivity index (χ4n) is 5.22. The minimum Gasteiger partial charge on any atom is -0.469 e. The number of rotatable bonds is 8. The Bertz CT molecular complexity index is 1840. The van der Waals surface area contributed by atoms with Crippen molar-refractivity contribution in [2.24, 2.45) is 11.3 Å². The number of carbonyl (C=O) groups is 2. The van der Waals surface area contributed by atoms with Crippen molar-refractivity contribution in [3.63, 3.8) is 0 Å². The third-order valence-corrected chi connectivity index (χ3v) is 8.90. The van der Waals surface area contributed by atoms with Gasteiger partial charge in [-0.2, -0.15) is 40.0 Å². The molecule has 0 bridgehead atoms. The Morgan fingerprint density at radius 3 is 2.21 bits per heavy atom. The molecule has 0 spiro atoms. The second-order valence-electron chi connectivity index (χ2n) is 11.2. The van der Waals surface area contributed by atoms with Gasteiger partial charge in [0.25, 0.3) is 5.88 Å². The first-order valence-corrected chi connectivity index (χ1v) is 15.1. The van der Waals surface area contributed by atoms with E-state index in [4.69, 9.17) is 4.74 Å².